The first-order valence-corrected chi connectivity index (χ1v) is 14.0. The first-order valence-electron chi connectivity index (χ1n) is 14.0. The van der Waals surface area contributed by atoms with Gasteiger partial charge in [-0.3, -0.25) is 4.79 Å². The summed E-state index contributed by atoms with van der Waals surface area (Å²) in [5.41, 5.74) is 0. The second kappa shape index (κ2) is 21.8. The lowest BCUT2D eigenvalue weighted by Gasteiger charge is -2.26. The molecule has 0 aliphatic heterocycles. The number of carbonyl (C=O) groups excluding carboxylic acids is 2. The molecule has 0 saturated carbocycles. The van der Waals surface area contributed by atoms with E-state index in [0.29, 0.717) is 6.42 Å². The van der Waals surface area contributed by atoms with Gasteiger partial charge in [-0.15, -0.1) is 0 Å². The predicted molar refractivity (Wildman–Crippen MR) is 139 cm³/mol. The van der Waals surface area contributed by atoms with Gasteiger partial charge in [0.25, 0.3) is 0 Å². The molecule has 36 heavy (non-hydrogen) atoms. The van der Waals surface area contributed by atoms with Crippen LogP contribution in [0.4, 0.5) is 0 Å². The number of aliphatic hydroxyl groups is 5. The van der Waals surface area contributed by atoms with Crippen molar-refractivity contribution in [3.8, 4) is 0 Å². The predicted octanol–water partition coefficient (Wildman–Crippen LogP) is 2.94. The number of ether oxygens (including phenoxy) is 1. The van der Waals surface area contributed by atoms with Crippen LogP contribution in [0.15, 0.2) is 0 Å². The molecule has 5 atom stereocenters. The summed E-state index contributed by atoms with van der Waals surface area (Å²) in [5, 5.41) is 49.9. The summed E-state index contributed by atoms with van der Waals surface area (Å²) in [4.78, 5) is 24.2. The Kier molecular flexibility index (Phi) is 21.0. The zero-order valence-electron chi connectivity index (χ0n) is 22.7. The number of nitrogens with one attached hydrogen (secondary N) is 1. The van der Waals surface area contributed by atoms with Gasteiger partial charge in [-0.2, -0.15) is 0 Å². The summed E-state index contributed by atoms with van der Waals surface area (Å²) in [6, 6.07) is 0. The number of esters is 1. The fourth-order valence-corrected chi connectivity index (χ4v) is 3.94. The van der Waals surface area contributed by atoms with Crippen LogP contribution in [0.5, 0.6) is 0 Å². The summed E-state index contributed by atoms with van der Waals surface area (Å²) in [7, 11) is 0. The highest BCUT2D eigenvalue weighted by Gasteiger charge is 2.36. The molecule has 0 aliphatic rings. The summed E-state index contributed by atoms with van der Waals surface area (Å²) >= 11 is 0. The Morgan fingerprint density at radius 3 is 1.67 bits per heavy atom. The van der Waals surface area contributed by atoms with E-state index in [-0.39, 0.29) is 12.3 Å². The largest absolute Gasteiger partial charge is 0.440 e. The molecule has 0 fully saturated rings. The zero-order valence-corrected chi connectivity index (χ0v) is 22.7. The molecule has 0 spiro atoms. The van der Waals surface area contributed by atoms with Crippen molar-refractivity contribution in [1.82, 2.24) is 5.32 Å². The molecule has 0 aromatic rings. The number of rotatable bonds is 23. The summed E-state index contributed by atoms with van der Waals surface area (Å²) in [6.45, 7) is 5.39. The Balaban J connectivity index is 3.87. The van der Waals surface area contributed by atoms with Crippen LogP contribution in [-0.4, -0.2) is 74.7 Å². The fourth-order valence-electron chi connectivity index (χ4n) is 3.94. The van der Waals surface area contributed by atoms with Crippen molar-refractivity contribution in [3.05, 3.63) is 0 Å². The molecule has 0 aromatic heterocycles. The van der Waals surface area contributed by atoms with Crippen molar-refractivity contribution in [2.45, 2.75) is 148 Å². The molecule has 0 bridgehead atoms. The highest BCUT2D eigenvalue weighted by molar-refractivity contribution is 5.78. The molecular weight excluding hydrogens is 466 g/mol. The van der Waals surface area contributed by atoms with Crippen LogP contribution in [0.1, 0.15) is 117 Å². The number of carbonyl (C=O) groups is 2. The van der Waals surface area contributed by atoms with E-state index in [2.05, 4.69) is 19.2 Å². The van der Waals surface area contributed by atoms with Crippen molar-refractivity contribution in [1.29, 1.82) is 0 Å². The average Bonchev–Trinajstić information content (AvgIpc) is 2.86. The quantitative estimate of drug-likeness (QED) is 0.0683. The molecule has 9 nitrogen and oxygen atoms in total. The second-order valence-electron chi connectivity index (χ2n) is 10.3. The van der Waals surface area contributed by atoms with Crippen LogP contribution in [0.3, 0.4) is 0 Å². The SMILES string of the molecule is CCC(NC(=O)CCCCCCCCCCCCCCC(C)C)OC(=O)[C@H](O)[C@@H](O)[C@H](O)[C@H](O)CO. The molecular formula is C27H53NO8. The third-order valence-electron chi connectivity index (χ3n) is 6.38. The maximum absolute atomic E-state index is 12.2. The first-order chi connectivity index (χ1) is 17.1. The molecule has 1 unspecified atom stereocenters. The standard InChI is InChI=1S/C27H53NO8/c1-4-23(36-27(35)26(34)25(33)24(32)21(30)19-29)28-22(31)18-16-14-12-10-8-6-5-7-9-11-13-15-17-20(2)3/h20-21,23-26,29-30,32-34H,4-19H2,1-3H3,(H,28,31)/t21-,23?,24-,25+,26-/m1/s1. The van der Waals surface area contributed by atoms with E-state index in [0.717, 1.165) is 25.2 Å². The summed E-state index contributed by atoms with van der Waals surface area (Å²) < 4.78 is 5.01. The minimum absolute atomic E-state index is 0.250. The number of hydrogen-bond donors (Lipinski definition) is 6. The third-order valence-corrected chi connectivity index (χ3v) is 6.38. The van der Waals surface area contributed by atoms with Crippen LogP contribution in [0.2, 0.25) is 0 Å². The summed E-state index contributed by atoms with van der Waals surface area (Å²) in [5.74, 6) is -0.700. The van der Waals surface area contributed by atoms with Gasteiger partial charge in [0, 0.05) is 12.8 Å². The van der Waals surface area contributed by atoms with Crippen molar-refractivity contribution in [2.75, 3.05) is 6.61 Å². The minimum Gasteiger partial charge on any atom is -0.440 e. The van der Waals surface area contributed by atoms with Crippen molar-refractivity contribution >= 4 is 11.9 Å². The summed E-state index contributed by atoms with van der Waals surface area (Å²) in [6.07, 6.45) is 7.55. The van der Waals surface area contributed by atoms with Crippen LogP contribution in [0.25, 0.3) is 0 Å². The molecule has 0 radical (unpaired) electrons. The fraction of sp³-hybridized carbons (Fsp3) is 0.926. The second-order valence-corrected chi connectivity index (χ2v) is 10.3. The average molecular weight is 520 g/mol. The Labute approximate surface area is 217 Å². The lowest BCUT2D eigenvalue weighted by molar-refractivity contribution is -0.177. The lowest BCUT2D eigenvalue weighted by Crippen LogP contribution is -2.50. The van der Waals surface area contributed by atoms with Gasteiger partial charge in [-0.1, -0.05) is 97.8 Å². The highest BCUT2D eigenvalue weighted by Crippen LogP contribution is 2.14. The van der Waals surface area contributed by atoms with Crippen LogP contribution in [0, 0.1) is 5.92 Å². The number of hydrogen-bond acceptors (Lipinski definition) is 8. The molecule has 0 rings (SSSR count). The Morgan fingerprint density at radius 1 is 0.750 bits per heavy atom. The van der Waals surface area contributed by atoms with E-state index in [1.165, 1.54) is 64.2 Å². The Hall–Kier alpha value is -1.26. The van der Waals surface area contributed by atoms with Crippen LogP contribution < -0.4 is 5.32 Å². The van der Waals surface area contributed by atoms with Gasteiger partial charge in [0.1, 0.15) is 18.3 Å². The molecule has 0 aromatic carbocycles. The van der Waals surface area contributed by atoms with Gasteiger partial charge in [-0.05, 0) is 12.3 Å². The van der Waals surface area contributed by atoms with E-state index in [4.69, 9.17) is 9.84 Å². The molecule has 0 saturated heterocycles. The normalized spacial score (nSPS) is 15.8. The smallest absolute Gasteiger partial charge is 0.339 e. The zero-order chi connectivity index (χ0) is 27.3. The van der Waals surface area contributed by atoms with Gasteiger partial charge < -0.3 is 35.6 Å². The molecule has 0 heterocycles. The van der Waals surface area contributed by atoms with Crippen molar-refractivity contribution < 1.29 is 39.9 Å². The molecule has 0 aliphatic carbocycles. The van der Waals surface area contributed by atoms with Crippen LogP contribution in [-0.2, 0) is 14.3 Å². The van der Waals surface area contributed by atoms with E-state index in [1.807, 2.05) is 0 Å². The molecule has 1 amide bonds. The monoisotopic (exact) mass is 519 g/mol. The lowest BCUT2D eigenvalue weighted by atomic mass is 10.0. The molecule has 9 heteroatoms. The van der Waals surface area contributed by atoms with Crippen molar-refractivity contribution in [3.63, 3.8) is 0 Å². The maximum Gasteiger partial charge on any atom is 0.339 e. The highest BCUT2D eigenvalue weighted by atomic mass is 16.6. The van der Waals surface area contributed by atoms with E-state index in [1.54, 1.807) is 6.92 Å². The Bertz CT molecular complexity index is 560. The van der Waals surface area contributed by atoms with Crippen LogP contribution >= 0.6 is 0 Å². The number of amides is 1. The molecule has 214 valence electrons. The third kappa shape index (κ3) is 17.2. The van der Waals surface area contributed by atoms with Gasteiger partial charge in [0.2, 0.25) is 5.91 Å². The van der Waals surface area contributed by atoms with Crippen molar-refractivity contribution in [2.24, 2.45) is 5.92 Å². The van der Waals surface area contributed by atoms with E-state index in [9.17, 15) is 30.0 Å². The topological polar surface area (TPSA) is 157 Å². The first kappa shape index (κ1) is 34.7. The number of unbranched alkanes of at least 4 members (excludes halogenated alkanes) is 11. The van der Waals surface area contributed by atoms with Gasteiger partial charge in [0.05, 0.1) is 6.61 Å². The van der Waals surface area contributed by atoms with Gasteiger partial charge >= 0.3 is 5.97 Å². The molecule has 6 N–H and O–H groups in total. The van der Waals surface area contributed by atoms with E-state index >= 15 is 0 Å². The minimum atomic E-state index is -2.14. The number of aliphatic hydroxyl groups excluding tert-OH is 5. The van der Waals surface area contributed by atoms with Gasteiger partial charge in [-0.25, -0.2) is 4.79 Å². The Morgan fingerprint density at radius 2 is 1.22 bits per heavy atom. The van der Waals surface area contributed by atoms with E-state index < -0.39 is 43.2 Å². The van der Waals surface area contributed by atoms with Gasteiger partial charge in [0.15, 0.2) is 12.3 Å². The maximum atomic E-state index is 12.2.